The molecule has 19 heavy (non-hydrogen) atoms. The molecule has 0 atom stereocenters. The molecule has 0 radical (unpaired) electrons. The smallest absolute Gasteiger partial charge is 0.289 e. The van der Waals surface area contributed by atoms with Crippen molar-refractivity contribution in [3.63, 3.8) is 0 Å². The normalized spacial score (nSPS) is 11.2. The summed E-state index contributed by atoms with van der Waals surface area (Å²) in [6, 6.07) is 7.59. The minimum atomic E-state index is -0.182. The maximum atomic E-state index is 12.4. The van der Waals surface area contributed by atoms with Crippen LogP contribution in [0.2, 0.25) is 0 Å². The van der Waals surface area contributed by atoms with Crippen molar-refractivity contribution >= 4 is 16.9 Å². The molecule has 0 saturated carbocycles. The number of fused-ring (bicyclic) bond motifs is 1. The van der Waals surface area contributed by atoms with Crippen molar-refractivity contribution in [2.24, 2.45) is 0 Å². The lowest BCUT2D eigenvalue weighted by molar-refractivity contribution is 0.0635. The third-order valence-electron chi connectivity index (χ3n) is 3.11. The van der Waals surface area contributed by atoms with Crippen molar-refractivity contribution in [3.8, 4) is 0 Å². The molecule has 0 aliphatic rings. The fourth-order valence-corrected chi connectivity index (χ4v) is 2.11. The zero-order chi connectivity index (χ0) is 14.0. The van der Waals surface area contributed by atoms with Crippen molar-refractivity contribution in [1.29, 1.82) is 0 Å². The number of nitrogens with zero attached hydrogens (tertiary/aromatic N) is 1. The van der Waals surface area contributed by atoms with Crippen LogP contribution in [0.4, 0.5) is 0 Å². The molecule has 1 amide bonds. The molecule has 2 aromatic rings. The van der Waals surface area contributed by atoms with Gasteiger partial charge in [-0.15, -0.1) is 0 Å². The van der Waals surface area contributed by atoms with E-state index in [2.05, 4.69) is 0 Å². The molecule has 0 bridgehead atoms. The number of aliphatic hydroxyl groups excluding tert-OH is 1. The number of carbonyl (C=O) groups excluding carboxylic acids is 1. The zero-order valence-electron chi connectivity index (χ0n) is 11.5. The first kappa shape index (κ1) is 13.6. The molecule has 1 heterocycles. The van der Waals surface area contributed by atoms with Gasteiger partial charge >= 0.3 is 0 Å². The Labute approximate surface area is 112 Å². The van der Waals surface area contributed by atoms with E-state index in [0.717, 1.165) is 10.9 Å². The molecule has 0 aliphatic carbocycles. The highest BCUT2D eigenvalue weighted by Crippen LogP contribution is 2.22. The fourth-order valence-electron chi connectivity index (χ4n) is 2.11. The number of aliphatic hydroxyl groups is 1. The van der Waals surface area contributed by atoms with E-state index in [9.17, 15) is 4.79 Å². The van der Waals surface area contributed by atoms with E-state index < -0.39 is 0 Å². The number of furan rings is 1. The average Bonchev–Trinajstić information content (AvgIpc) is 2.77. The standard InChI is InChI=1S/C15H19NO3/c1-10(2)16(6-7-17)15(18)14-9-12-8-11(3)4-5-13(12)19-14/h4-5,8-10,17H,6-7H2,1-3H3. The van der Waals surface area contributed by atoms with Crippen molar-refractivity contribution in [3.05, 3.63) is 35.6 Å². The minimum absolute atomic E-state index is 0.0228. The van der Waals surface area contributed by atoms with Crippen LogP contribution in [0, 0.1) is 6.92 Å². The fraction of sp³-hybridized carbons (Fsp3) is 0.400. The van der Waals surface area contributed by atoms with Crippen LogP contribution < -0.4 is 0 Å². The van der Waals surface area contributed by atoms with Gasteiger partial charge in [0, 0.05) is 18.0 Å². The molecule has 4 nitrogen and oxygen atoms in total. The van der Waals surface area contributed by atoms with Gasteiger partial charge in [0.15, 0.2) is 5.76 Å². The monoisotopic (exact) mass is 261 g/mol. The number of rotatable bonds is 4. The summed E-state index contributed by atoms with van der Waals surface area (Å²) in [6.45, 7) is 6.09. The van der Waals surface area contributed by atoms with Gasteiger partial charge in [0.1, 0.15) is 5.58 Å². The van der Waals surface area contributed by atoms with Crippen LogP contribution in [0.15, 0.2) is 28.7 Å². The molecular formula is C15H19NO3. The largest absolute Gasteiger partial charge is 0.451 e. The van der Waals surface area contributed by atoms with Gasteiger partial charge in [0.05, 0.1) is 6.61 Å². The van der Waals surface area contributed by atoms with Gasteiger partial charge in [0.25, 0.3) is 5.91 Å². The lowest BCUT2D eigenvalue weighted by Crippen LogP contribution is -2.38. The molecule has 0 saturated heterocycles. The predicted molar refractivity (Wildman–Crippen MR) is 74.2 cm³/mol. The Morgan fingerprint density at radius 2 is 2.11 bits per heavy atom. The molecule has 2 rings (SSSR count). The molecule has 0 fully saturated rings. The third kappa shape index (κ3) is 2.79. The third-order valence-corrected chi connectivity index (χ3v) is 3.11. The van der Waals surface area contributed by atoms with Crippen LogP contribution in [0.25, 0.3) is 11.0 Å². The van der Waals surface area contributed by atoms with E-state index in [-0.39, 0.29) is 18.6 Å². The Hall–Kier alpha value is -1.81. The lowest BCUT2D eigenvalue weighted by atomic mass is 10.2. The Morgan fingerprint density at radius 3 is 2.74 bits per heavy atom. The minimum Gasteiger partial charge on any atom is -0.451 e. The number of aryl methyl sites for hydroxylation is 1. The summed E-state index contributed by atoms with van der Waals surface area (Å²) in [5.41, 5.74) is 1.84. The first-order valence-electron chi connectivity index (χ1n) is 6.45. The quantitative estimate of drug-likeness (QED) is 0.920. The molecule has 102 valence electrons. The highest BCUT2D eigenvalue weighted by molar-refractivity contribution is 5.96. The van der Waals surface area contributed by atoms with Crippen LogP contribution in [-0.2, 0) is 0 Å². The summed E-state index contributed by atoms with van der Waals surface area (Å²) >= 11 is 0. The topological polar surface area (TPSA) is 53.7 Å². The highest BCUT2D eigenvalue weighted by Gasteiger charge is 2.21. The Balaban J connectivity index is 2.34. The predicted octanol–water partition coefficient (Wildman–Crippen LogP) is 2.58. The van der Waals surface area contributed by atoms with Crippen molar-refractivity contribution < 1.29 is 14.3 Å². The van der Waals surface area contributed by atoms with Gasteiger partial charge in [-0.1, -0.05) is 11.6 Å². The number of carbonyl (C=O) groups is 1. The van der Waals surface area contributed by atoms with Crippen LogP contribution in [-0.4, -0.2) is 35.1 Å². The summed E-state index contributed by atoms with van der Waals surface area (Å²) in [5.74, 6) is 0.139. The van der Waals surface area contributed by atoms with Gasteiger partial charge in [-0.3, -0.25) is 4.79 Å². The van der Waals surface area contributed by atoms with Crippen molar-refractivity contribution in [1.82, 2.24) is 4.90 Å². The van der Waals surface area contributed by atoms with Crippen LogP contribution in [0.3, 0.4) is 0 Å². The molecule has 0 unspecified atom stereocenters. The summed E-state index contributed by atoms with van der Waals surface area (Å²) in [5, 5.41) is 9.96. The molecule has 1 aromatic carbocycles. The summed E-state index contributed by atoms with van der Waals surface area (Å²) < 4.78 is 5.59. The van der Waals surface area contributed by atoms with E-state index in [1.807, 2.05) is 39.0 Å². The van der Waals surface area contributed by atoms with Gasteiger partial charge in [-0.05, 0) is 39.0 Å². The molecule has 0 spiro atoms. The molecular weight excluding hydrogens is 242 g/mol. The average molecular weight is 261 g/mol. The van der Waals surface area contributed by atoms with Gasteiger partial charge in [-0.2, -0.15) is 0 Å². The van der Waals surface area contributed by atoms with E-state index >= 15 is 0 Å². The van der Waals surface area contributed by atoms with Crippen LogP contribution in [0.5, 0.6) is 0 Å². The summed E-state index contributed by atoms with van der Waals surface area (Å²) in [7, 11) is 0. The van der Waals surface area contributed by atoms with Crippen molar-refractivity contribution in [2.75, 3.05) is 13.2 Å². The van der Waals surface area contributed by atoms with Gasteiger partial charge < -0.3 is 14.4 Å². The first-order chi connectivity index (χ1) is 9.02. The SMILES string of the molecule is Cc1ccc2oc(C(=O)N(CCO)C(C)C)cc2c1. The second kappa shape index (κ2) is 5.45. The Kier molecular flexibility index (Phi) is 3.90. The number of amides is 1. The zero-order valence-corrected chi connectivity index (χ0v) is 11.5. The molecule has 0 aliphatic heterocycles. The van der Waals surface area contributed by atoms with E-state index in [1.54, 1.807) is 11.0 Å². The molecule has 1 aromatic heterocycles. The second-order valence-electron chi connectivity index (χ2n) is 4.97. The van der Waals surface area contributed by atoms with Gasteiger partial charge in [0.2, 0.25) is 0 Å². The van der Waals surface area contributed by atoms with E-state index in [4.69, 9.17) is 9.52 Å². The highest BCUT2D eigenvalue weighted by atomic mass is 16.3. The lowest BCUT2D eigenvalue weighted by Gasteiger charge is -2.24. The number of hydrogen-bond donors (Lipinski definition) is 1. The van der Waals surface area contributed by atoms with Gasteiger partial charge in [-0.25, -0.2) is 0 Å². The Morgan fingerprint density at radius 1 is 1.37 bits per heavy atom. The van der Waals surface area contributed by atoms with Crippen LogP contribution >= 0.6 is 0 Å². The first-order valence-corrected chi connectivity index (χ1v) is 6.45. The van der Waals surface area contributed by atoms with Crippen LogP contribution in [0.1, 0.15) is 30.0 Å². The summed E-state index contributed by atoms with van der Waals surface area (Å²) in [4.78, 5) is 14.0. The van der Waals surface area contributed by atoms with E-state index in [1.165, 1.54) is 0 Å². The van der Waals surface area contributed by atoms with E-state index in [0.29, 0.717) is 17.9 Å². The maximum absolute atomic E-state index is 12.4. The maximum Gasteiger partial charge on any atom is 0.289 e. The number of hydrogen-bond acceptors (Lipinski definition) is 3. The Bertz CT molecular complexity index is 586. The summed E-state index contributed by atoms with van der Waals surface area (Å²) in [6.07, 6.45) is 0. The second-order valence-corrected chi connectivity index (χ2v) is 4.97. The molecule has 4 heteroatoms. The van der Waals surface area contributed by atoms with Crippen molar-refractivity contribution in [2.45, 2.75) is 26.8 Å². The number of benzene rings is 1. The molecule has 1 N–H and O–H groups in total.